The lowest BCUT2D eigenvalue weighted by Crippen LogP contribution is -2.32. The summed E-state index contributed by atoms with van der Waals surface area (Å²) in [6.07, 6.45) is 1.78. The van der Waals surface area contributed by atoms with Crippen LogP contribution in [0.4, 0.5) is 10.1 Å². The molecule has 4 rings (SSSR count). The summed E-state index contributed by atoms with van der Waals surface area (Å²) >= 11 is 7.31. The topological polar surface area (TPSA) is 44.8 Å². The van der Waals surface area contributed by atoms with Crippen LogP contribution in [0.15, 0.2) is 48.2 Å². The molecule has 0 saturated carbocycles. The molecule has 5 nitrogen and oxygen atoms in total. The van der Waals surface area contributed by atoms with Crippen LogP contribution in [0.25, 0.3) is 6.08 Å². The molecule has 2 heterocycles. The highest BCUT2D eigenvalue weighted by Gasteiger charge is 2.32. The molecule has 2 aromatic rings. The number of benzene rings is 2. The molecule has 0 aromatic heterocycles. The van der Waals surface area contributed by atoms with Crippen LogP contribution in [0.5, 0.6) is 5.75 Å². The first-order valence-electron chi connectivity index (χ1n) is 9.65. The molecule has 0 spiro atoms. The highest BCUT2D eigenvalue weighted by molar-refractivity contribution is 7.99. The molecule has 2 fully saturated rings. The normalized spacial score (nSPS) is 18.7. The third-order valence-corrected chi connectivity index (χ3v) is 6.30. The van der Waals surface area contributed by atoms with Crippen LogP contribution in [0, 0.1) is 5.82 Å². The van der Waals surface area contributed by atoms with Crippen LogP contribution in [0.1, 0.15) is 11.1 Å². The van der Waals surface area contributed by atoms with E-state index in [4.69, 9.17) is 17.0 Å². The first kappa shape index (κ1) is 20.8. The number of methoxy groups -OCH3 is 1. The number of hydrogen-bond acceptors (Lipinski definition) is 5. The van der Waals surface area contributed by atoms with E-state index in [1.807, 2.05) is 30.0 Å². The maximum atomic E-state index is 13.2. The Labute approximate surface area is 184 Å². The summed E-state index contributed by atoms with van der Waals surface area (Å²) in [5.41, 5.74) is 2.88. The fourth-order valence-corrected chi connectivity index (χ4v) is 4.82. The largest absolute Gasteiger partial charge is 0.496 e. The molecule has 1 N–H and O–H groups in total. The monoisotopic (exact) mass is 443 g/mol. The zero-order chi connectivity index (χ0) is 21.1. The minimum Gasteiger partial charge on any atom is -0.496 e. The van der Waals surface area contributed by atoms with E-state index in [9.17, 15) is 9.18 Å². The van der Waals surface area contributed by atoms with E-state index in [0.29, 0.717) is 11.4 Å². The Morgan fingerprint density at radius 2 is 1.93 bits per heavy atom. The van der Waals surface area contributed by atoms with Crippen LogP contribution < -0.4 is 15.0 Å². The number of hydrogen-bond donors (Lipinski definition) is 1. The number of halogens is 1. The molecule has 0 aliphatic carbocycles. The van der Waals surface area contributed by atoms with E-state index in [1.54, 1.807) is 13.2 Å². The van der Waals surface area contributed by atoms with Gasteiger partial charge in [0.1, 0.15) is 17.3 Å². The van der Waals surface area contributed by atoms with Crippen LogP contribution >= 0.6 is 24.0 Å². The van der Waals surface area contributed by atoms with Crippen molar-refractivity contribution < 1.29 is 13.9 Å². The Bertz CT molecular complexity index is 988. The van der Waals surface area contributed by atoms with Crippen LogP contribution in [0.3, 0.4) is 0 Å². The van der Waals surface area contributed by atoms with Crippen molar-refractivity contribution in [2.75, 3.05) is 36.6 Å². The average molecular weight is 444 g/mol. The van der Waals surface area contributed by atoms with Crippen molar-refractivity contribution in [3.63, 3.8) is 0 Å². The van der Waals surface area contributed by atoms with E-state index in [-0.39, 0.29) is 16.8 Å². The van der Waals surface area contributed by atoms with Gasteiger partial charge in [0.25, 0.3) is 5.91 Å². The fourth-order valence-electron chi connectivity index (χ4n) is 3.54. The fraction of sp³-hybridized carbons (Fsp3) is 0.273. The van der Waals surface area contributed by atoms with Crippen molar-refractivity contribution in [3.8, 4) is 5.75 Å². The number of carbonyl (C=O) groups excluding carboxylic acids is 1. The minimum atomic E-state index is -0.363. The van der Waals surface area contributed by atoms with E-state index in [2.05, 4.69) is 10.2 Å². The summed E-state index contributed by atoms with van der Waals surface area (Å²) in [7, 11) is 1.67. The standard InChI is InChI=1S/C22H22FN3O2S2/c1-28-20-7-2-15(12-16(20)14-25-8-10-30-11-9-25)13-19-21(27)26(22(29)24-19)18-5-3-17(23)4-6-18/h2-7,12-13H,8-11,14H2,1H3,(H,24,29). The van der Waals surface area contributed by atoms with Crippen molar-refractivity contribution in [2.24, 2.45) is 0 Å². The molecule has 2 saturated heterocycles. The Morgan fingerprint density at radius 3 is 2.63 bits per heavy atom. The first-order chi connectivity index (χ1) is 14.5. The van der Waals surface area contributed by atoms with Gasteiger partial charge in [-0.2, -0.15) is 11.8 Å². The zero-order valence-electron chi connectivity index (χ0n) is 16.6. The van der Waals surface area contributed by atoms with Crippen molar-refractivity contribution in [1.82, 2.24) is 10.2 Å². The molecule has 2 aromatic carbocycles. The molecule has 0 bridgehead atoms. The summed E-state index contributed by atoms with van der Waals surface area (Å²) < 4.78 is 18.8. The number of amides is 1. The van der Waals surface area contributed by atoms with Crippen molar-refractivity contribution in [1.29, 1.82) is 0 Å². The molecule has 8 heteroatoms. The highest BCUT2D eigenvalue weighted by Crippen LogP contribution is 2.26. The summed E-state index contributed by atoms with van der Waals surface area (Å²) in [6.45, 7) is 2.92. The van der Waals surface area contributed by atoms with Crippen molar-refractivity contribution in [3.05, 3.63) is 65.1 Å². The molecule has 0 unspecified atom stereocenters. The Balaban J connectivity index is 1.58. The lowest BCUT2D eigenvalue weighted by atomic mass is 10.1. The van der Waals surface area contributed by atoms with E-state index in [0.717, 1.165) is 48.0 Å². The van der Waals surface area contributed by atoms with Crippen molar-refractivity contribution >= 4 is 46.8 Å². The summed E-state index contributed by atoms with van der Waals surface area (Å²) in [5.74, 6) is 2.49. The molecular weight excluding hydrogens is 421 g/mol. The zero-order valence-corrected chi connectivity index (χ0v) is 18.2. The maximum absolute atomic E-state index is 13.2. The van der Waals surface area contributed by atoms with E-state index in [1.165, 1.54) is 29.2 Å². The second-order valence-corrected chi connectivity index (χ2v) is 8.68. The lowest BCUT2D eigenvalue weighted by Gasteiger charge is -2.26. The number of nitrogens with one attached hydrogen (secondary N) is 1. The van der Waals surface area contributed by atoms with Gasteiger partial charge in [-0.05, 0) is 60.3 Å². The van der Waals surface area contributed by atoms with E-state index >= 15 is 0 Å². The molecular formula is C22H22FN3O2S2. The van der Waals surface area contributed by atoms with Gasteiger partial charge in [-0.3, -0.25) is 14.6 Å². The van der Waals surface area contributed by atoms with Gasteiger partial charge in [0, 0.05) is 36.7 Å². The number of rotatable bonds is 5. The first-order valence-corrected chi connectivity index (χ1v) is 11.2. The molecule has 1 amide bonds. The molecule has 30 heavy (non-hydrogen) atoms. The highest BCUT2D eigenvalue weighted by atomic mass is 32.2. The van der Waals surface area contributed by atoms with Crippen LogP contribution in [0.2, 0.25) is 0 Å². The molecule has 156 valence electrons. The van der Waals surface area contributed by atoms with Gasteiger partial charge in [-0.15, -0.1) is 0 Å². The Morgan fingerprint density at radius 1 is 1.20 bits per heavy atom. The average Bonchev–Trinajstić information content (AvgIpc) is 3.03. The molecule has 0 atom stereocenters. The van der Waals surface area contributed by atoms with Gasteiger partial charge in [-0.1, -0.05) is 6.07 Å². The molecule has 2 aliphatic heterocycles. The Hall–Kier alpha value is -2.42. The van der Waals surface area contributed by atoms with Gasteiger partial charge in [0.2, 0.25) is 0 Å². The third kappa shape index (κ3) is 4.50. The van der Waals surface area contributed by atoms with Crippen LogP contribution in [-0.2, 0) is 11.3 Å². The smallest absolute Gasteiger partial charge is 0.281 e. The number of thioether (sulfide) groups is 1. The summed E-state index contributed by atoms with van der Waals surface area (Å²) in [4.78, 5) is 16.7. The minimum absolute atomic E-state index is 0.267. The number of anilines is 1. The lowest BCUT2D eigenvalue weighted by molar-refractivity contribution is -0.113. The van der Waals surface area contributed by atoms with E-state index < -0.39 is 0 Å². The van der Waals surface area contributed by atoms with Gasteiger partial charge >= 0.3 is 0 Å². The quantitative estimate of drug-likeness (QED) is 0.562. The molecule has 0 radical (unpaired) electrons. The third-order valence-electron chi connectivity index (χ3n) is 5.08. The van der Waals surface area contributed by atoms with Gasteiger partial charge < -0.3 is 10.1 Å². The maximum Gasteiger partial charge on any atom is 0.281 e. The summed E-state index contributed by atoms with van der Waals surface area (Å²) in [6, 6.07) is 11.6. The number of carbonyl (C=O) groups is 1. The predicted octanol–water partition coefficient (Wildman–Crippen LogP) is 3.65. The Kier molecular flexibility index (Phi) is 6.36. The number of nitrogens with zero attached hydrogens (tertiary/aromatic N) is 2. The van der Waals surface area contributed by atoms with Gasteiger partial charge in [0.15, 0.2) is 5.11 Å². The SMILES string of the molecule is COc1ccc(C=C2NC(=S)N(c3ccc(F)cc3)C2=O)cc1CN1CCSCC1. The molecule has 2 aliphatic rings. The number of thiocarbonyl (C=S) groups is 1. The predicted molar refractivity (Wildman–Crippen MR) is 123 cm³/mol. The van der Waals surface area contributed by atoms with Gasteiger partial charge in [0.05, 0.1) is 12.8 Å². The van der Waals surface area contributed by atoms with Crippen molar-refractivity contribution in [2.45, 2.75) is 6.54 Å². The van der Waals surface area contributed by atoms with Gasteiger partial charge in [-0.25, -0.2) is 4.39 Å². The number of ether oxygens (including phenoxy) is 1. The van der Waals surface area contributed by atoms with Crippen LogP contribution in [-0.4, -0.2) is 47.6 Å². The second kappa shape index (κ2) is 9.16. The summed E-state index contributed by atoms with van der Waals surface area (Å²) in [5, 5.41) is 3.25. The second-order valence-electron chi connectivity index (χ2n) is 7.06.